The number of nitrogens with zero attached hydrogens (tertiary/aromatic N) is 2. The van der Waals surface area contributed by atoms with Gasteiger partial charge >= 0.3 is 0 Å². The number of hydrogen-bond donors (Lipinski definition) is 0. The molecule has 18 heavy (non-hydrogen) atoms. The third-order valence-corrected chi connectivity index (χ3v) is 4.15. The number of benzene rings is 1. The topological polar surface area (TPSA) is 27.1 Å². The average Bonchev–Trinajstić information content (AvgIpc) is 2.75. The zero-order valence-electron chi connectivity index (χ0n) is 10.4. The van der Waals surface area contributed by atoms with Crippen LogP contribution in [0.3, 0.4) is 0 Å². The lowest BCUT2D eigenvalue weighted by Crippen LogP contribution is -2.00. The zero-order valence-corrected chi connectivity index (χ0v) is 12.8. The van der Waals surface area contributed by atoms with Gasteiger partial charge in [-0.2, -0.15) is 0 Å². The molecule has 0 aliphatic carbocycles. The molecule has 0 fully saturated rings. The van der Waals surface area contributed by atoms with Crippen molar-refractivity contribution in [2.75, 3.05) is 5.75 Å². The van der Waals surface area contributed by atoms with Crippen molar-refractivity contribution in [1.82, 2.24) is 9.78 Å². The van der Waals surface area contributed by atoms with Gasteiger partial charge in [0, 0.05) is 34.2 Å². The van der Waals surface area contributed by atoms with Crippen molar-refractivity contribution >= 4 is 27.7 Å². The Labute approximate surface area is 120 Å². The number of thioether (sulfide) groups is 1. The molecule has 0 saturated carbocycles. The summed E-state index contributed by atoms with van der Waals surface area (Å²) in [5, 5.41) is 4.20. The highest BCUT2D eigenvalue weighted by Gasteiger charge is 2.08. The Morgan fingerprint density at radius 2 is 2.22 bits per heavy atom. The molecule has 0 saturated heterocycles. The quantitative estimate of drug-likeness (QED) is 0.780. The smallest absolute Gasteiger partial charge is 0.233 e. The zero-order chi connectivity index (χ0) is 13.0. The number of ether oxygens (including phenoxy) is 1. The van der Waals surface area contributed by atoms with Crippen LogP contribution in [-0.4, -0.2) is 15.5 Å². The number of rotatable bonds is 5. The van der Waals surface area contributed by atoms with Crippen molar-refractivity contribution in [1.29, 1.82) is 0 Å². The normalized spacial score (nSPS) is 10.6. The fourth-order valence-electron chi connectivity index (χ4n) is 1.59. The summed E-state index contributed by atoms with van der Waals surface area (Å²) in [5.41, 5.74) is 1.18. The predicted molar refractivity (Wildman–Crippen MR) is 78.1 cm³/mol. The molecular weight excluding hydrogens is 312 g/mol. The van der Waals surface area contributed by atoms with E-state index >= 15 is 0 Å². The summed E-state index contributed by atoms with van der Waals surface area (Å²) in [6.45, 7) is 2.68. The summed E-state index contributed by atoms with van der Waals surface area (Å²) >= 11 is 5.40. The van der Waals surface area contributed by atoms with Crippen LogP contribution in [0.25, 0.3) is 0 Å². The Hall–Kier alpha value is -0.940. The molecule has 1 aromatic heterocycles. The standard InChI is InChI=1S/C13H15BrN2OS/c1-3-18-12-6-4-5-11(14)10(12)9-17-13-7-8-16(2)15-13/h4-8H,3,9H2,1-2H3. The van der Waals surface area contributed by atoms with Crippen molar-refractivity contribution in [3.8, 4) is 5.88 Å². The molecule has 0 atom stereocenters. The van der Waals surface area contributed by atoms with E-state index in [-0.39, 0.29) is 0 Å². The van der Waals surface area contributed by atoms with Crippen molar-refractivity contribution in [2.24, 2.45) is 7.05 Å². The van der Waals surface area contributed by atoms with E-state index in [1.165, 1.54) is 10.5 Å². The van der Waals surface area contributed by atoms with Gasteiger partial charge in [0.15, 0.2) is 0 Å². The maximum absolute atomic E-state index is 5.71. The highest BCUT2D eigenvalue weighted by molar-refractivity contribution is 9.10. The molecule has 0 bridgehead atoms. The van der Waals surface area contributed by atoms with Crippen LogP contribution in [0.2, 0.25) is 0 Å². The fourth-order valence-corrected chi connectivity index (χ4v) is 3.03. The van der Waals surface area contributed by atoms with E-state index in [1.807, 2.05) is 43.2 Å². The summed E-state index contributed by atoms with van der Waals surface area (Å²) in [6, 6.07) is 8.07. The first-order chi connectivity index (χ1) is 8.70. The second kappa shape index (κ2) is 6.29. The third-order valence-electron chi connectivity index (χ3n) is 2.43. The SMILES string of the molecule is CCSc1cccc(Br)c1COc1ccn(C)n1. The minimum absolute atomic E-state index is 0.529. The molecule has 0 amide bonds. The second-order valence-electron chi connectivity index (χ2n) is 3.77. The summed E-state index contributed by atoms with van der Waals surface area (Å²) in [4.78, 5) is 1.25. The van der Waals surface area contributed by atoms with Crippen molar-refractivity contribution in [2.45, 2.75) is 18.4 Å². The van der Waals surface area contributed by atoms with Gasteiger partial charge in [-0.05, 0) is 17.9 Å². The molecule has 0 unspecified atom stereocenters. The Morgan fingerprint density at radius 3 is 2.89 bits per heavy atom. The molecule has 0 spiro atoms. The largest absolute Gasteiger partial charge is 0.472 e. The van der Waals surface area contributed by atoms with E-state index in [9.17, 15) is 0 Å². The summed E-state index contributed by atoms with van der Waals surface area (Å²) in [7, 11) is 1.88. The molecule has 96 valence electrons. The minimum Gasteiger partial charge on any atom is -0.472 e. The Bertz CT molecular complexity index is 527. The van der Waals surface area contributed by atoms with Crippen LogP contribution >= 0.6 is 27.7 Å². The second-order valence-corrected chi connectivity index (χ2v) is 5.93. The van der Waals surface area contributed by atoms with Gasteiger partial charge in [-0.15, -0.1) is 16.9 Å². The molecule has 0 N–H and O–H groups in total. The van der Waals surface area contributed by atoms with Gasteiger partial charge in [0.05, 0.1) is 0 Å². The molecule has 1 heterocycles. The summed E-state index contributed by atoms with van der Waals surface area (Å²) < 4.78 is 8.52. The van der Waals surface area contributed by atoms with Gasteiger partial charge < -0.3 is 4.74 Å². The van der Waals surface area contributed by atoms with Crippen LogP contribution < -0.4 is 4.74 Å². The fraction of sp³-hybridized carbons (Fsp3) is 0.308. The average molecular weight is 327 g/mol. The van der Waals surface area contributed by atoms with E-state index in [2.05, 4.69) is 34.0 Å². The molecule has 2 aromatic rings. The maximum Gasteiger partial charge on any atom is 0.233 e. The van der Waals surface area contributed by atoms with Gasteiger partial charge in [-0.3, -0.25) is 4.68 Å². The Morgan fingerprint density at radius 1 is 1.39 bits per heavy atom. The predicted octanol–water partition coefficient (Wildman–Crippen LogP) is 3.87. The van der Waals surface area contributed by atoms with E-state index in [0.717, 1.165) is 10.2 Å². The first-order valence-corrected chi connectivity index (χ1v) is 7.51. The minimum atomic E-state index is 0.529. The van der Waals surface area contributed by atoms with Crippen LogP contribution in [0.5, 0.6) is 5.88 Å². The number of hydrogen-bond acceptors (Lipinski definition) is 3. The van der Waals surface area contributed by atoms with Crippen LogP contribution in [0.1, 0.15) is 12.5 Å². The van der Waals surface area contributed by atoms with Gasteiger partial charge in [-0.25, -0.2) is 0 Å². The van der Waals surface area contributed by atoms with Crippen LogP contribution in [0, 0.1) is 0 Å². The lowest BCUT2D eigenvalue weighted by atomic mass is 10.2. The molecule has 0 aliphatic heterocycles. The van der Waals surface area contributed by atoms with Crippen molar-refractivity contribution in [3.63, 3.8) is 0 Å². The highest BCUT2D eigenvalue weighted by Crippen LogP contribution is 2.29. The van der Waals surface area contributed by atoms with E-state index in [1.54, 1.807) is 4.68 Å². The maximum atomic E-state index is 5.71. The summed E-state index contributed by atoms with van der Waals surface area (Å²) in [6.07, 6.45) is 1.87. The van der Waals surface area contributed by atoms with Gasteiger partial charge in [0.1, 0.15) is 6.61 Å². The molecule has 3 nitrogen and oxygen atoms in total. The van der Waals surface area contributed by atoms with E-state index in [0.29, 0.717) is 12.5 Å². The number of aryl methyl sites for hydroxylation is 1. The van der Waals surface area contributed by atoms with Crippen molar-refractivity contribution in [3.05, 3.63) is 40.5 Å². The van der Waals surface area contributed by atoms with E-state index < -0.39 is 0 Å². The Kier molecular flexibility index (Phi) is 4.72. The summed E-state index contributed by atoms with van der Waals surface area (Å²) in [5.74, 6) is 1.70. The molecule has 0 aliphatic rings. The first-order valence-electron chi connectivity index (χ1n) is 5.73. The molecule has 0 radical (unpaired) electrons. The highest BCUT2D eigenvalue weighted by atomic mass is 79.9. The number of halogens is 1. The Balaban J connectivity index is 2.12. The molecule has 5 heteroatoms. The van der Waals surface area contributed by atoms with Gasteiger partial charge in [-0.1, -0.05) is 28.9 Å². The van der Waals surface area contributed by atoms with Crippen molar-refractivity contribution < 1.29 is 4.74 Å². The number of aromatic nitrogens is 2. The molecular formula is C13H15BrN2OS. The molecule has 1 aromatic carbocycles. The molecule has 2 rings (SSSR count). The monoisotopic (exact) mass is 326 g/mol. The third kappa shape index (κ3) is 3.29. The van der Waals surface area contributed by atoms with E-state index in [4.69, 9.17) is 4.74 Å². The van der Waals surface area contributed by atoms with Gasteiger partial charge in [0.2, 0.25) is 5.88 Å². The van der Waals surface area contributed by atoms with Gasteiger partial charge in [0.25, 0.3) is 0 Å². The van der Waals surface area contributed by atoms with Crippen LogP contribution in [0.4, 0.5) is 0 Å². The lowest BCUT2D eigenvalue weighted by Gasteiger charge is -2.10. The van der Waals surface area contributed by atoms with Crippen LogP contribution in [0.15, 0.2) is 39.8 Å². The lowest BCUT2D eigenvalue weighted by molar-refractivity contribution is 0.287. The van der Waals surface area contributed by atoms with Crippen LogP contribution in [-0.2, 0) is 13.7 Å². The first kappa shape index (κ1) is 13.5.